The minimum Gasteiger partial charge on any atom is -0.350 e. The van der Waals surface area contributed by atoms with E-state index in [4.69, 9.17) is 0 Å². The topological polar surface area (TPSA) is 69.7 Å². The molecule has 0 bridgehead atoms. The number of halogens is 8. The summed E-state index contributed by atoms with van der Waals surface area (Å²) >= 11 is 0. The number of benzene rings is 1. The molecule has 1 aliphatic heterocycles. The van der Waals surface area contributed by atoms with Crippen LogP contribution in [-0.4, -0.2) is 73.5 Å². The number of hydrogen-bond donors (Lipinski definition) is 1. The van der Waals surface area contributed by atoms with Crippen molar-refractivity contribution in [2.45, 2.75) is 62.8 Å². The van der Waals surface area contributed by atoms with Gasteiger partial charge in [0, 0.05) is 51.1 Å². The minimum atomic E-state index is -5.25. The molecule has 0 unspecified atom stereocenters. The lowest BCUT2D eigenvalue weighted by atomic mass is 9.78. The fourth-order valence-electron chi connectivity index (χ4n) is 5.01. The van der Waals surface area contributed by atoms with Gasteiger partial charge in [-0.2, -0.15) is 30.6 Å². The number of alkyl halides is 8. The fraction of sp³-hybridized carbons (Fsp3) is 0.696. The summed E-state index contributed by atoms with van der Waals surface area (Å²) in [6.45, 7) is 1.89. The van der Waals surface area contributed by atoms with Crippen LogP contribution in [-0.2, 0) is 22.4 Å². The van der Waals surface area contributed by atoms with Gasteiger partial charge in [-0.15, -0.1) is 0 Å². The average molecular weight is 580 g/mol. The Balaban J connectivity index is 1.82. The molecule has 1 saturated heterocycles. The van der Waals surface area contributed by atoms with Crippen LogP contribution in [0.4, 0.5) is 35.1 Å². The normalized spacial score (nSPS) is 21.3. The molecule has 0 aromatic heterocycles. The number of rotatable bonds is 7. The quantitative estimate of drug-likeness (QED) is 0.474. The summed E-state index contributed by atoms with van der Waals surface area (Å²) < 4.78 is 134. The Labute approximate surface area is 215 Å². The molecule has 2 aliphatic rings. The molecule has 216 valence electrons. The van der Waals surface area contributed by atoms with Gasteiger partial charge in [0.15, 0.2) is 0 Å². The molecule has 1 aliphatic carbocycles. The molecule has 1 N–H and O–H groups in total. The van der Waals surface area contributed by atoms with E-state index in [1.54, 1.807) is 11.8 Å². The van der Waals surface area contributed by atoms with Crippen molar-refractivity contribution in [1.82, 2.24) is 14.5 Å². The van der Waals surface area contributed by atoms with E-state index >= 15 is 0 Å². The van der Waals surface area contributed by atoms with Gasteiger partial charge in [0.2, 0.25) is 15.9 Å². The number of carbonyl (C=O) groups excluding carboxylic acids is 1. The first-order valence-corrected chi connectivity index (χ1v) is 13.7. The maximum Gasteiger partial charge on any atom is 0.417 e. The summed E-state index contributed by atoms with van der Waals surface area (Å²) in [5, 5.41) is 2.33. The lowest BCUT2D eigenvalue weighted by Gasteiger charge is -2.50. The molecule has 38 heavy (non-hydrogen) atoms. The van der Waals surface area contributed by atoms with E-state index in [0.29, 0.717) is 18.6 Å². The van der Waals surface area contributed by atoms with Crippen LogP contribution in [0, 0.1) is 0 Å². The Bertz CT molecular complexity index is 1100. The van der Waals surface area contributed by atoms with Crippen LogP contribution in [0.15, 0.2) is 18.2 Å². The van der Waals surface area contributed by atoms with Crippen LogP contribution in [0.1, 0.15) is 60.5 Å². The first-order chi connectivity index (χ1) is 17.4. The van der Waals surface area contributed by atoms with E-state index < -0.39 is 69.3 Å². The Morgan fingerprint density at radius 1 is 0.947 bits per heavy atom. The van der Waals surface area contributed by atoms with Crippen LogP contribution in [0.3, 0.4) is 0 Å². The van der Waals surface area contributed by atoms with E-state index in [9.17, 15) is 48.3 Å². The Kier molecular flexibility index (Phi) is 8.74. The molecule has 6 nitrogen and oxygen atoms in total. The summed E-state index contributed by atoms with van der Waals surface area (Å²) in [5.41, 5.74) is -5.42. The van der Waals surface area contributed by atoms with Crippen LogP contribution in [0.25, 0.3) is 0 Å². The van der Waals surface area contributed by atoms with Crippen LogP contribution in [0.2, 0.25) is 0 Å². The number of amides is 1. The Hall–Kier alpha value is -2.00. The van der Waals surface area contributed by atoms with Gasteiger partial charge in [-0.25, -0.2) is 17.2 Å². The molecule has 0 spiro atoms. The zero-order valence-electron chi connectivity index (χ0n) is 20.6. The predicted octanol–water partition coefficient (Wildman–Crippen LogP) is 4.76. The predicted molar refractivity (Wildman–Crippen MR) is 122 cm³/mol. The van der Waals surface area contributed by atoms with Crippen molar-refractivity contribution in [3.05, 3.63) is 34.9 Å². The van der Waals surface area contributed by atoms with Crippen molar-refractivity contribution >= 4 is 15.9 Å². The standard InChI is InChI=1S/C23H29F8N3O3S/c1-2-13-38(36,37)34-11-9-33(10-12-34)20(5-7-21(24,25)8-6-20)15-32-19(35)17-4-3-16(22(26,27)28)14-18(17)23(29,30)31/h3-4,14H,2,5-13,15H2,1H3,(H,32,35). The molecule has 1 amide bonds. The SMILES string of the molecule is CCCS(=O)(=O)N1CCN(C2(CNC(=O)c3ccc(C(F)(F)F)cc3C(F)(F)F)CCC(F)(F)CC2)CC1. The number of carbonyl (C=O) groups is 1. The lowest BCUT2D eigenvalue weighted by molar-refractivity contribution is -0.143. The molecular formula is C23H29F8N3O3S. The first kappa shape index (κ1) is 30.5. The number of nitrogens with zero attached hydrogens (tertiary/aromatic N) is 2. The lowest BCUT2D eigenvalue weighted by Crippen LogP contribution is -2.63. The summed E-state index contributed by atoms with van der Waals surface area (Å²) in [5.74, 6) is -4.29. The molecule has 0 radical (unpaired) electrons. The zero-order chi connectivity index (χ0) is 28.6. The molecule has 3 rings (SSSR count). The van der Waals surface area contributed by atoms with Crippen molar-refractivity contribution in [3.63, 3.8) is 0 Å². The summed E-state index contributed by atoms with van der Waals surface area (Å²) in [6.07, 6.45) is -11.2. The van der Waals surface area contributed by atoms with Crippen molar-refractivity contribution in [3.8, 4) is 0 Å². The third-order valence-corrected chi connectivity index (χ3v) is 9.23. The Morgan fingerprint density at radius 3 is 2.03 bits per heavy atom. The van der Waals surface area contributed by atoms with E-state index in [1.165, 1.54) is 4.31 Å². The highest BCUT2D eigenvalue weighted by Gasteiger charge is 2.48. The van der Waals surface area contributed by atoms with E-state index in [-0.39, 0.29) is 57.4 Å². The number of hydrogen-bond acceptors (Lipinski definition) is 4. The fourth-order valence-corrected chi connectivity index (χ4v) is 6.50. The number of piperazine rings is 1. The second-order valence-corrected chi connectivity index (χ2v) is 11.8. The van der Waals surface area contributed by atoms with Crippen LogP contribution < -0.4 is 5.32 Å². The third-order valence-electron chi connectivity index (χ3n) is 7.15. The van der Waals surface area contributed by atoms with Gasteiger partial charge in [-0.3, -0.25) is 9.69 Å². The molecule has 1 saturated carbocycles. The van der Waals surface area contributed by atoms with E-state index in [0.717, 1.165) is 0 Å². The number of nitrogens with one attached hydrogen (secondary N) is 1. The second kappa shape index (κ2) is 10.9. The monoisotopic (exact) mass is 579 g/mol. The molecule has 15 heteroatoms. The van der Waals surface area contributed by atoms with Crippen molar-refractivity contribution in [2.75, 3.05) is 38.5 Å². The van der Waals surface area contributed by atoms with Crippen LogP contribution in [0.5, 0.6) is 0 Å². The van der Waals surface area contributed by atoms with Gasteiger partial charge in [-0.05, 0) is 37.5 Å². The maximum absolute atomic E-state index is 14.0. The molecule has 1 aromatic rings. The maximum atomic E-state index is 14.0. The summed E-state index contributed by atoms with van der Waals surface area (Å²) in [6, 6.07) is 0.679. The second-order valence-electron chi connectivity index (χ2n) is 9.72. The molecule has 1 aromatic carbocycles. The highest BCUT2D eigenvalue weighted by atomic mass is 32.2. The van der Waals surface area contributed by atoms with Crippen molar-refractivity contribution in [1.29, 1.82) is 0 Å². The average Bonchev–Trinajstić information content (AvgIpc) is 2.82. The van der Waals surface area contributed by atoms with Gasteiger partial charge in [0.25, 0.3) is 5.91 Å². The summed E-state index contributed by atoms with van der Waals surface area (Å²) in [4.78, 5) is 14.6. The minimum absolute atomic E-state index is 0.0465. The van der Waals surface area contributed by atoms with Crippen LogP contribution >= 0.6 is 0 Å². The van der Waals surface area contributed by atoms with Gasteiger partial charge < -0.3 is 5.32 Å². The van der Waals surface area contributed by atoms with E-state index in [1.807, 2.05) is 0 Å². The van der Waals surface area contributed by atoms with Crippen molar-refractivity contribution in [2.24, 2.45) is 0 Å². The Morgan fingerprint density at radius 2 is 1.53 bits per heavy atom. The molecule has 1 heterocycles. The van der Waals surface area contributed by atoms with Crippen molar-refractivity contribution < 1.29 is 48.3 Å². The summed E-state index contributed by atoms with van der Waals surface area (Å²) in [7, 11) is -3.49. The zero-order valence-corrected chi connectivity index (χ0v) is 21.4. The smallest absolute Gasteiger partial charge is 0.350 e. The third kappa shape index (κ3) is 6.95. The number of sulfonamides is 1. The first-order valence-electron chi connectivity index (χ1n) is 12.1. The molecule has 0 atom stereocenters. The highest BCUT2D eigenvalue weighted by Crippen LogP contribution is 2.42. The van der Waals surface area contributed by atoms with E-state index in [2.05, 4.69) is 5.32 Å². The molecular weight excluding hydrogens is 550 g/mol. The molecule has 2 fully saturated rings. The largest absolute Gasteiger partial charge is 0.417 e. The van der Waals surface area contributed by atoms with Gasteiger partial charge >= 0.3 is 12.4 Å². The van der Waals surface area contributed by atoms with Gasteiger partial charge in [-0.1, -0.05) is 6.92 Å². The highest BCUT2D eigenvalue weighted by molar-refractivity contribution is 7.89. The van der Waals surface area contributed by atoms with Gasteiger partial charge in [0.05, 0.1) is 22.4 Å². The van der Waals surface area contributed by atoms with Gasteiger partial charge in [0.1, 0.15) is 0 Å².